The fraction of sp³-hybridized carbons (Fsp3) is 0.0833. The van der Waals surface area contributed by atoms with Crippen molar-refractivity contribution < 1.29 is 17.5 Å². The molecule has 4 aromatic rings. The van der Waals surface area contributed by atoms with E-state index in [9.17, 15) is 17.6 Å². The molecular formula is C24H19FN2O4S. The van der Waals surface area contributed by atoms with Crippen LogP contribution in [0.2, 0.25) is 0 Å². The van der Waals surface area contributed by atoms with Gasteiger partial charge in [-0.2, -0.15) is 5.10 Å². The third-order valence-corrected chi connectivity index (χ3v) is 5.82. The van der Waals surface area contributed by atoms with Crippen LogP contribution in [0.5, 0.6) is 11.5 Å². The molecule has 0 N–H and O–H groups in total. The van der Waals surface area contributed by atoms with E-state index in [-0.39, 0.29) is 28.6 Å². The molecule has 0 atom stereocenters. The summed E-state index contributed by atoms with van der Waals surface area (Å²) < 4.78 is 45.8. The van der Waals surface area contributed by atoms with Crippen molar-refractivity contribution in [1.29, 1.82) is 0 Å². The molecule has 3 aromatic carbocycles. The lowest BCUT2D eigenvalue weighted by Gasteiger charge is -2.16. The van der Waals surface area contributed by atoms with Gasteiger partial charge in [0.05, 0.1) is 6.54 Å². The molecule has 0 spiro atoms. The van der Waals surface area contributed by atoms with Crippen molar-refractivity contribution in [3.63, 3.8) is 0 Å². The lowest BCUT2D eigenvalue weighted by atomic mass is 10.1. The average molecular weight is 450 g/mol. The molecule has 0 aliphatic carbocycles. The zero-order chi connectivity index (χ0) is 22.7. The van der Waals surface area contributed by atoms with Crippen LogP contribution < -0.4 is 10.3 Å². The standard InChI is InChI=1S/C24H19FN2O4S/c1-32(29,30)23-21(18-10-6-3-7-11-18)26-27(16-17-8-4-2-5-9-17)24(28)22(23)31-20-14-12-19(25)13-15-20/h2-15H,16H2,1H3. The summed E-state index contributed by atoms with van der Waals surface area (Å²) in [5.41, 5.74) is 0.707. The van der Waals surface area contributed by atoms with Gasteiger partial charge >= 0.3 is 5.56 Å². The van der Waals surface area contributed by atoms with E-state index in [1.165, 1.54) is 16.8 Å². The molecule has 162 valence electrons. The number of halogens is 1. The van der Waals surface area contributed by atoms with Crippen molar-refractivity contribution in [2.75, 3.05) is 6.26 Å². The smallest absolute Gasteiger partial charge is 0.311 e. The van der Waals surface area contributed by atoms with Gasteiger partial charge in [0.1, 0.15) is 22.2 Å². The van der Waals surface area contributed by atoms with E-state index in [0.717, 1.165) is 24.0 Å². The first-order valence-corrected chi connectivity index (χ1v) is 11.6. The summed E-state index contributed by atoms with van der Waals surface area (Å²) in [7, 11) is -3.93. The van der Waals surface area contributed by atoms with E-state index >= 15 is 0 Å². The normalized spacial score (nSPS) is 11.3. The Kier molecular flexibility index (Phi) is 5.87. The van der Waals surface area contributed by atoms with Gasteiger partial charge in [0.15, 0.2) is 9.84 Å². The maximum Gasteiger partial charge on any atom is 0.311 e. The number of hydrogen-bond donors (Lipinski definition) is 0. The summed E-state index contributed by atoms with van der Waals surface area (Å²) in [4.78, 5) is 13.0. The molecule has 0 bridgehead atoms. The summed E-state index contributed by atoms with van der Waals surface area (Å²) in [6.07, 6.45) is 0.995. The molecule has 1 heterocycles. The number of benzene rings is 3. The summed E-state index contributed by atoms with van der Waals surface area (Å²) in [6, 6.07) is 22.9. The van der Waals surface area contributed by atoms with Crippen LogP contribution in [-0.2, 0) is 16.4 Å². The topological polar surface area (TPSA) is 78.3 Å². The molecule has 8 heteroatoms. The van der Waals surface area contributed by atoms with Crippen LogP contribution in [0.1, 0.15) is 5.56 Å². The van der Waals surface area contributed by atoms with Gasteiger partial charge in [-0.15, -0.1) is 0 Å². The molecule has 0 saturated carbocycles. The SMILES string of the molecule is CS(=O)(=O)c1c(-c2ccccc2)nn(Cc2ccccc2)c(=O)c1Oc1ccc(F)cc1. The van der Waals surface area contributed by atoms with Crippen molar-refractivity contribution in [3.8, 4) is 22.8 Å². The van der Waals surface area contributed by atoms with Crippen LogP contribution in [0.3, 0.4) is 0 Å². The Morgan fingerprint density at radius 2 is 1.50 bits per heavy atom. The second kappa shape index (κ2) is 8.76. The number of aromatic nitrogens is 2. The number of nitrogens with zero attached hydrogens (tertiary/aromatic N) is 2. The molecule has 6 nitrogen and oxygen atoms in total. The van der Waals surface area contributed by atoms with Crippen LogP contribution >= 0.6 is 0 Å². The quantitative estimate of drug-likeness (QED) is 0.438. The van der Waals surface area contributed by atoms with Crippen molar-refractivity contribution in [3.05, 3.63) is 107 Å². The van der Waals surface area contributed by atoms with Crippen LogP contribution in [0.4, 0.5) is 4.39 Å². The van der Waals surface area contributed by atoms with Crippen LogP contribution in [-0.4, -0.2) is 24.5 Å². The minimum atomic E-state index is -3.93. The van der Waals surface area contributed by atoms with Gasteiger partial charge in [-0.05, 0) is 29.8 Å². The molecule has 0 aliphatic heterocycles. The van der Waals surface area contributed by atoms with Crippen LogP contribution in [0, 0.1) is 5.82 Å². The zero-order valence-electron chi connectivity index (χ0n) is 17.1. The van der Waals surface area contributed by atoms with Gasteiger partial charge in [0, 0.05) is 11.8 Å². The second-order valence-corrected chi connectivity index (χ2v) is 9.10. The minimum Gasteiger partial charge on any atom is -0.450 e. The fourth-order valence-electron chi connectivity index (χ4n) is 3.24. The maximum atomic E-state index is 13.3. The van der Waals surface area contributed by atoms with E-state index in [2.05, 4.69) is 5.10 Å². The molecular weight excluding hydrogens is 431 g/mol. The first kappa shape index (κ1) is 21.5. The molecule has 1 aromatic heterocycles. The van der Waals surface area contributed by atoms with Gasteiger partial charge < -0.3 is 4.74 Å². The van der Waals surface area contributed by atoms with Crippen molar-refractivity contribution in [2.45, 2.75) is 11.4 Å². The molecule has 0 saturated heterocycles. The Balaban J connectivity index is 1.98. The number of ether oxygens (including phenoxy) is 1. The molecule has 4 rings (SSSR count). The third-order valence-electron chi connectivity index (χ3n) is 4.70. The highest BCUT2D eigenvalue weighted by Crippen LogP contribution is 2.33. The maximum absolute atomic E-state index is 13.3. The Morgan fingerprint density at radius 1 is 0.906 bits per heavy atom. The van der Waals surface area contributed by atoms with Gasteiger partial charge in [0.25, 0.3) is 0 Å². The predicted octanol–water partition coefficient (Wildman–Crippen LogP) is 4.29. The molecule has 0 unspecified atom stereocenters. The monoisotopic (exact) mass is 450 g/mol. The predicted molar refractivity (Wildman–Crippen MR) is 119 cm³/mol. The highest BCUT2D eigenvalue weighted by Gasteiger charge is 2.28. The number of rotatable bonds is 6. The van der Waals surface area contributed by atoms with E-state index in [1.807, 2.05) is 30.3 Å². The Morgan fingerprint density at radius 3 is 2.09 bits per heavy atom. The average Bonchev–Trinajstić information content (AvgIpc) is 2.78. The summed E-state index contributed by atoms with van der Waals surface area (Å²) in [5.74, 6) is -0.740. The van der Waals surface area contributed by atoms with Crippen molar-refractivity contribution in [1.82, 2.24) is 9.78 Å². The van der Waals surface area contributed by atoms with Gasteiger partial charge in [-0.1, -0.05) is 60.7 Å². The van der Waals surface area contributed by atoms with Crippen LogP contribution in [0.15, 0.2) is 94.6 Å². The van der Waals surface area contributed by atoms with Gasteiger partial charge in [0.2, 0.25) is 5.75 Å². The summed E-state index contributed by atoms with van der Waals surface area (Å²) >= 11 is 0. The molecule has 32 heavy (non-hydrogen) atoms. The number of sulfone groups is 1. The van der Waals surface area contributed by atoms with Gasteiger partial charge in [-0.25, -0.2) is 17.5 Å². The van der Waals surface area contributed by atoms with E-state index in [1.54, 1.807) is 30.3 Å². The van der Waals surface area contributed by atoms with Gasteiger partial charge in [-0.3, -0.25) is 4.79 Å². The van der Waals surface area contributed by atoms with Crippen molar-refractivity contribution >= 4 is 9.84 Å². The molecule has 0 radical (unpaired) electrons. The lowest BCUT2D eigenvalue weighted by molar-refractivity contribution is 0.442. The van der Waals surface area contributed by atoms with E-state index < -0.39 is 21.2 Å². The molecule has 0 amide bonds. The largest absolute Gasteiger partial charge is 0.450 e. The minimum absolute atomic E-state index is 0.0979. The molecule has 0 aliphatic rings. The van der Waals surface area contributed by atoms with E-state index in [0.29, 0.717) is 5.56 Å². The Hall–Kier alpha value is -3.78. The molecule has 0 fully saturated rings. The first-order chi connectivity index (χ1) is 15.3. The first-order valence-electron chi connectivity index (χ1n) is 9.71. The summed E-state index contributed by atoms with van der Waals surface area (Å²) in [6.45, 7) is 0.114. The fourth-order valence-corrected chi connectivity index (χ4v) is 4.21. The van der Waals surface area contributed by atoms with Crippen molar-refractivity contribution in [2.24, 2.45) is 0 Å². The highest BCUT2D eigenvalue weighted by atomic mass is 32.2. The highest BCUT2D eigenvalue weighted by molar-refractivity contribution is 7.91. The second-order valence-electron chi connectivity index (χ2n) is 7.15. The Labute approximate surface area is 184 Å². The number of hydrogen-bond acceptors (Lipinski definition) is 5. The summed E-state index contributed by atoms with van der Waals surface area (Å²) in [5, 5.41) is 4.41. The third kappa shape index (κ3) is 4.60. The Bertz CT molecular complexity index is 1400. The zero-order valence-corrected chi connectivity index (χ0v) is 17.9. The van der Waals surface area contributed by atoms with Crippen LogP contribution in [0.25, 0.3) is 11.3 Å². The lowest BCUT2D eigenvalue weighted by Crippen LogP contribution is -2.27. The van der Waals surface area contributed by atoms with E-state index in [4.69, 9.17) is 4.74 Å².